The van der Waals surface area contributed by atoms with E-state index in [1.54, 1.807) is 0 Å². The zero-order valence-corrected chi connectivity index (χ0v) is 12.1. The first-order valence-corrected chi connectivity index (χ1v) is 7.17. The molecule has 20 heavy (non-hydrogen) atoms. The van der Waals surface area contributed by atoms with Crippen molar-refractivity contribution in [2.24, 2.45) is 0 Å². The van der Waals surface area contributed by atoms with E-state index in [0.29, 0.717) is 12.5 Å². The Morgan fingerprint density at radius 2 is 2.05 bits per heavy atom. The van der Waals surface area contributed by atoms with Gasteiger partial charge in [-0.25, -0.2) is 0 Å². The van der Waals surface area contributed by atoms with E-state index >= 15 is 0 Å². The van der Waals surface area contributed by atoms with Crippen LogP contribution in [0, 0.1) is 13.8 Å². The summed E-state index contributed by atoms with van der Waals surface area (Å²) in [5.41, 5.74) is 2.08. The first-order chi connectivity index (χ1) is 9.69. The fraction of sp³-hybridized carbons (Fsp3) is 0.643. The summed E-state index contributed by atoms with van der Waals surface area (Å²) in [7, 11) is 0. The smallest absolute Gasteiger partial charge is 0.229 e. The summed E-state index contributed by atoms with van der Waals surface area (Å²) in [4.78, 5) is 4.43. The van der Waals surface area contributed by atoms with Crippen molar-refractivity contribution in [3.63, 3.8) is 0 Å². The summed E-state index contributed by atoms with van der Waals surface area (Å²) >= 11 is 0. The van der Waals surface area contributed by atoms with Gasteiger partial charge in [0.25, 0.3) is 0 Å². The lowest BCUT2D eigenvalue weighted by molar-refractivity contribution is 0.370. The first kappa shape index (κ1) is 13.3. The lowest BCUT2D eigenvalue weighted by Gasteiger charge is -2.15. The summed E-state index contributed by atoms with van der Waals surface area (Å²) in [6, 6.07) is 0.198. The highest BCUT2D eigenvalue weighted by Gasteiger charge is 2.29. The number of aromatic nitrogens is 3. The number of rotatable bonds is 6. The third-order valence-electron chi connectivity index (χ3n) is 3.76. The van der Waals surface area contributed by atoms with Crippen LogP contribution < -0.4 is 5.32 Å². The predicted molar refractivity (Wildman–Crippen MR) is 72.1 cm³/mol. The molecule has 1 saturated carbocycles. The molecule has 1 aliphatic carbocycles. The highest BCUT2D eigenvalue weighted by atomic mass is 16.5. The molecule has 3 rings (SSSR count). The minimum atomic E-state index is 0.198. The molecule has 6 nitrogen and oxygen atoms in total. The summed E-state index contributed by atoms with van der Waals surface area (Å²) in [5.74, 6) is 2.87. The number of hydrogen-bond donors (Lipinski definition) is 1. The molecule has 6 heteroatoms. The third kappa shape index (κ3) is 2.60. The molecule has 0 aliphatic heterocycles. The molecule has 2 heterocycles. The van der Waals surface area contributed by atoms with Gasteiger partial charge in [0.05, 0.1) is 12.2 Å². The molecule has 0 amide bonds. The quantitative estimate of drug-likeness (QED) is 0.874. The second kappa shape index (κ2) is 5.36. The number of hydrogen-bond acceptors (Lipinski definition) is 6. The van der Waals surface area contributed by atoms with Crippen molar-refractivity contribution in [2.75, 3.05) is 0 Å². The van der Waals surface area contributed by atoms with Crippen LogP contribution in [0.15, 0.2) is 9.05 Å². The zero-order chi connectivity index (χ0) is 14.1. The molecule has 0 bridgehead atoms. The Bertz CT molecular complexity index is 566. The molecule has 0 unspecified atom stereocenters. The Kier molecular flexibility index (Phi) is 3.56. The van der Waals surface area contributed by atoms with Crippen molar-refractivity contribution in [1.82, 2.24) is 20.6 Å². The van der Waals surface area contributed by atoms with Crippen molar-refractivity contribution in [3.05, 3.63) is 28.7 Å². The van der Waals surface area contributed by atoms with Gasteiger partial charge >= 0.3 is 0 Å². The topological polar surface area (TPSA) is 77.0 Å². The van der Waals surface area contributed by atoms with Gasteiger partial charge in [0.2, 0.25) is 5.89 Å². The molecule has 1 aliphatic rings. The maximum absolute atomic E-state index is 5.26. The molecule has 2 aromatic heterocycles. The van der Waals surface area contributed by atoms with Gasteiger partial charge in [0.1, 0.15) is 5.76 Å². The summed E-state index contributed by atoms with van der Waals surface area (Å²) in [5, 5.41) is 11.5. The molecule has 108 valence electrons. The third-order valence-corrected chi connectivity index (χ3v) is 3.76. The van der Waals surface area contributed by atoms with Crippen LogP contribution in [0.1, 0.15) is 66.9 Å². The van der Waals surface area contributed by atoms with Gasteiger partial charge in [-0.05, 0) is 33.1 Å². The summed E-state index contributed by atoms with van der Waals surface area (Å²) < 4.78 is 10.5. The molecule has 0 radical (unpaired) electrons. The minimum absolute atomic E-state index is 0.198. The van der Waals surface area contributed by atoms with Crippen LogP contribution in [-0.4, -0.2) is 15.3 Å². The molecule has 1 atom stereocenters. The normalized spacial score (nSPS) is 16.6. The second-order valence-electron chi connectivity index (χ2n) is 5.40. The molecular weight excluding hydrogens is 256 g/mol. The molecule has 2 aromatic rings. The maximum Gasteiger partial charge on any atom is 0.229 e. The SMILES string of the molecule is CC[C@H](NCc1noc(C2CC2)n1)c1c(C)noc1C. The largest absolute Gasteiger partial charge is 0.361 e. The predicted octanol–water partition coefficient (Wildman–Crippen LogP) is 2.79. The van der Waals surface area contributed by atoms with E-state index in [0.717, 1.165) is 35.2 Å². The van der Waals surface area contributed by atoms with Gasteiger partial charge in [-0.1, -0.05) is 17.2 Å². The van der Waals surface area contributed by atoms with Crippen LogP contribution >= 0.6 is 0 Å². The molecular formula is C14H20N4O2. The van der Waals surface area contributed by atoms with E-state index in [2.05, 4.69) is 27.5 Å². The highest BCUT2D eigenvalue weighted by molar-refractivity contribution is 5.24. The number of nitrogens with one attached hydrogen (secondary N) is 1. The fourth-order valence-electron chi connectivity index (χ4n) is 2.49. The second-order valence-corrected chi connectivity index (χ2v) is 5.40. The van der Waals surface area contributed by atoms with Crippen LogP contribution in [-0.2, 0) is 6.54 Å². The zero-order valence-electron chi connectivity index (χ0n) is 12.1. The monoisotopic (exact) mass is 276 g/mol. The number of nitrogens with zero attached hydrogens (tertiary/aromatic N) is 3. The van der Waals surface area contributed by atoms with Crippen LogP contribution in [0.2, 0.25) is 0 Å². The number of aryl methyl sites for hydroxylation is 2. The maximum atomic E-state index is 5.26. The van der Waals surface area contributed by atoms with Gasteiger partial charge < -0.3 is 14.4 Å². The lowest BCUT2D eigenvalue weighted by Crippen LogP contribution is -2.22. The Labute approximate surface area is 117 Å². The van der Waals surface area contributed by atoms with Crippen LogP contribution in [0.25, 0.3) is 0 Å². The van der Waals surface area contributed by atoms with Crippen LogP contribution in [0.3, 0.4) is 0 Å². The summed E-state index contributed by atoms with van der Waals surface area (Å²) in [6.07, 6.45) is 3.30. The lowest BCUT2D eigenvalue weighted by atomic mass is 10.0. The molecule has 0 spiro atoms. The van der Waals surface area contributed by atoms with Crippen molar-refractivity contribution >= 4 is 0 Å². The fourth-order valence-corrected chi connectivity index (χ4v) is 2.49. The van der Waals surface area contributed by atoms with Gasteiger partial charge in [-0.3, -0.25) is 0 Å². The van der Waals surface area contributed by atoms with E-state index in [1.165, 1.54) is 12.8 Å². The molecule has 0 saturated heterocycles. The molecule has 0 aromatic carbocycles. The Hall–Kier alpha value is -1.69. The van der Waals surface area contributed by atoms with Crippen molar-refractivity contribution < 1.29 is 9.05 Å². The Balaban J connectivity index is 1.65. The van der Waals surface area contributed by atoms with Gasteiger partial charge in [0, 0.05) is 17.5 Å². The van der Waals surface area contributed by atoms with E-state index in [9.17, 15) is 0 Å². The molecule has 1 fully saturated rings. The first-order valence-electron chi connectivity index (χ1n) is 7.17. The van der Waals surface area contributed by atoms with Crippen molar-refractivity contribution in [3.8, 4) is 0 Å². The summed E-state index contributed by atoms with van der Waals surface area (Å²) in [6.45, 7) is 6.64. The van der Waals surface area contributed by atoms with Crippen LogP contribution in [0.5, 0.6) is 0 Å². The molecule has 1 N–H and O–H groups in total. The van der Waals surface area contributed by atoms with E-state index in [-0.39, 0.29) is 6.04 Å². The standard InChI is InChI=1S/C14H20N4O2/c1-4-11(13-8(2)17-19-9(13)3)15-7-12-16-14(20-18-12)10-5-6-10/h10-11,15H,4-7H2,1-3H3/t11-/m0/s1. The van der Waals surface area contributed by atoms with E-state index in [4.69, 9.17) is 9.05 Å². The highest BCUT2D eigenvalue weighted by Crippen LogP contribution is 2.38. The van der Waals surface area contributed by atoms with Gasteiger partial charge in [-0.2, -0.15) is 4.98 Å². The Morgan fingerprint density at radius 3 is 2.65 bits per heavy atom. The van der Waals surface area contributed by atoms with Crippen molar-refractivity contribution in [1.29, 1.82) is 0 Å². The average Bonchev–Trinajstić information content (AvgIpc) is 3.11. The average molecular weight is 276 g/mol. The van der Waals surface area contributed by atoms with E-state index < -0.39 is 0 Å². The van der Waals surface area contributed by atoms with Gasteiger partial charge in [-0.15, -0.1) is 0 Å². The van der Waals surface area contributed by atoms with E-state index in [1.807, 2.05) is 13.8 Å². The Morgan fingerprint density at radius 1 is 1.25 bits per heavy atom. The van der Waals surface area contributed by atoms with Gasteiger partial charge in [0.15, 0.2) is 5.82 Å². The van der Waals surface area contributed by atoms with Crippen molar-refractivity contribution in [2.45, 2.75) is 58.5 Å². The van der Waals surface area contributed by atoms with Crippen LogP contribution in [0.4, 0.5) is 0 Å². The minimum Gasteiger partial charge on any atom is -0.361 e.